The number of alkyl halides is 3. The predicted octanol–water partition coefficient (Wildman–Crippen LogP) is 0.727. The molecule has 0 radical (unpaired) electrons. The Morgan fingerprint density at radius 3 is 2.26 bits per heavy atom. The lowest BCUT2D eigenvalue weighted by Gasteiger charge is -2.32. The number of carbonyl (C=O) groups is 1. The van der Waals surface area contributed by atoms with Gasteiger partial charge in [-0.05, 0) is 25.7 Å². The highest BCUT2D eigenvalue weighted by Crippen LogP contribution is 2.23. The van der Waals surface area contributed by atoms with Gasteiger partial charge in [0.1, 0.15) is 0 Å². The van der Waals surface area contributed by atoms with Gasteiger partial charge in [-0.25, -0.2) is 13.1 Å². The second kappa shape index (κ2) is 6.08. The summed E-state index contributed by atoms with van der Waals surface area (Å²) in [4.78, 5) is 11.7. The molecule has 0 bridgehead atoms. The number of hydrogen-bond acceptors (Lipinski definition) is 3. The summed E-state index contributed by atoms with van der Waals surface area (Å²) in [5.41, 5.74) is 0. The molecule has 1 N–H and O–H groups in total. The quantitative estimate of drug-likeness (QED) is 0.832. The zero-order valence-electron chi connectivity index (χ0n) is 10.5. The van der Waals surface area contributed by atoms with E-state index in [9.17, 15) is 26.4 Å². The van der Waals surface area contributed by atoms with Crippen molar-refractivity contribution in [3.8, 4) is 0 Å². The van der Waals surface area contributed by atoms with Crippen molar-refractivity contribution in [1.29, 1.82) is 0 Å². The van der Waals surface area contributed by atoms with E-state index in [2.05, 4.69) is 4.72 Å². The smallest absolute Gasteiger partial charge is 0.335 e. The molecule has 1 aliphatic heterocycles. The van der Waals surface area contributed by atoms with Crippen LogP contribution in [0.4, 0.5) is 13.2 Å². The molecule has 112 valence electrons. The van der Waals surface area contributed by atoms with Crippen LogP contribution in [0.3, 0.4) is 0 Å². The molecule has 1 fully saturated rings. The number of rotatable bonds is 4. The van der Waals surface area contributed by atoms with E-state index >= 15 is 0 Å². The molecular weight excluding hydrogens is 285 g/mol. The van der Waals surface area contributed by atoms with E-state index in [4.69, 9.17) is 0 Å². The molecule has 0 unspecified atom stereocenters. The molecular formula is C10H17F3N2O3S. The van der Waals surface area contributed by atoms with Crippen molar-refractivity contribution in [3.05, 3.63) is 0 Å². The van der Waals surface area contributed by atoms with Crippen molar-refractivity contribution in [3.63, 3.8) is 0 Å². The summed E-state index contributed by atoms with van der Waals surface area (Å²) in [7, 11) is -3.28. The summed E-state index contributed by atoms with van der Waals surface area (Å²) in [6.45, 7) is 1.74. The van der Waals surface area contributed by atoms with Crippen LogP contribution in [0.25, 0.3) is 0 Å². The average molecular weight is 302 g/mol. The van der Waals surface area contributed by atoms with Gasteiger partial charge in [-0.1, -0.05) is 0 Å². The van der Waals surface area contributed by atoms with Crippen LogP contribution in [0, 0.1) is 5.92 Å². The first-order chi connectivity index (χ1) is 8.65. The minimum atomic E-state index is -4.84. The molecule has 1 heterocycles. The predicted molar refractivity (Wildman–Crippen MR) is 62.8 cm³/mol. The SMILES string of the molecule is CCS(=O)(=O)NCC1CCN(C(=O)C(F)(F)F)CC1. The molecule has 0 aromatic heterocycles. The molecule has 0 atom stereocenters. The van der Waals surface area contributed by atoms with Gasteiger partial charge < -0.3 is 4.90 Å². The summed E-state index contributed by atoms with van der Waals surface area (Å²) in [6, 6.07) is 0. The molecule has 5 nitrogen and oxygen atoms in total. The third-order valence-corrected chi connectivity index (χ3v) is 4.48. The van der Waals surface area contributed by atoms with Crippen LogP contribution in [0.5, 0.6) is 0 Å². The van der Waals surface area contributed by atoms with Gasteiger partial charge in [-0.15, -0.1) is 0 Å². The largest absolute Gasteiger partial charge is 0.471 e. The number of sulfonamides is 1. The first-order valence-electron chi connectivity index (χ1n) is 5.99. The van der Waals surface area contributed by atoms with Gasteiger partial charge in [-0.2, -0.15) is 13.2 Å². The first kappa shape index (κ1) is 16.2. The lowest BCUT2D eigenvalue weighted by atomic mass is 9.97. The Labute approximate surface area is 110 Å². The maximum atomic E-state index is 12.2. The van der Waals surface area contributed by atoms with E-state index in [1.165, 1.54) is 6.92 Å². The zero-order valence-corrected chi connectivity index (χ0v) is 11.4. The van der Waals surface area contributed by atoms with E-state index in [0.717, 1.165) is 4.90 Å². The van der Waals surface area contributed by atoms with Crippen LogP contribution in [0.1, 0.15) is 19.8 Å². The minimum absolute atomic E-state index is 0.0108. The second-order valence-corrected chi connectivity index (χ2v) is 6.58. The number of nitrogens with one attached hydrogen (secondary N) is 1. The molecule has 19 heavy (non-hydrogen) atoms. The number of nitrogens with zero attached hydrogens (tertiary/aromatic N) is 1. The van der Waals surface area contributed by atoms with Gasteiger partial charge >= 0.3 is 12.1 Å². The Kier molecular flexibility index (Phi) is 5.19. The zero-order chi connectivity index (χ0) is 14.7. The number of halogens is 3. The molecule has 1 amide bonds. The number of amides is 1. The summed E-state index contributed by atoms with van der Waals surface area (Å²) < 4.78 is 61.4. The number of likely N-dealkylation sites (tertiary alicyclic amines) is 1. The van der Waals surface area contributed by atoms with E-state index in [1.54, 1.807) is 0 Å². The third kappa shape index (κ3) is 4.98. The van der Waals surface area contributed by atoms with E-state index in [-0.39, 0.29) is 31.3 Å². The Morgan fingerprint density at radius 2 is 1.84 bits per heavy atom. The molecule has 1 aliphatic rings. The Morgan fingerprint density at radius 1 is 1.32 bits per heavy atom. The van der Waals surface area contributed by atoms with E-state index in [0.29, 0.717) is 12.8 Å². The topological polar surface area (TPSA) is 66.5 Å². The normalized spacial score (nSPS) is 18.6. The molecule has 0 spiro atoms. The fourth-order valence-electron chi connectivity index (χ4n) is 1.87. The fraction of sp³-hybridized carbons (Fsp3) is 0.900. The van der Waals surface area contributed by atoms with Crippen LogP contribution in [0.15, 0.2) is 0 Å². The number of carbonyl (C=O) groups excluding carboxylic acids is 1. The Bertz CT molecular complexity index is 414. The van der Waals surface area contributed by atoms with E-state index in [1.807, 2.05) is 0 Å². The highest BCUT2D eigenvalue weighted by molar-refractivity contribution is 7.89. The van der Waals surface area contributed by atoms with Crippen molar-refractivity contribution in [2.75, 3.05) is 25.4 Å². The maximum absolute atomic E-state index is 12.2. The van der Waals surface area contributed by atoms with Crippen LogP contribution >= 0.6 is 0 Å². The van der Waals surface area contributed by atoms with Crippen molar-refractivity contribution >= 4 is 15.9 Å². The van der Waals surface area contributed by atoms with Crippen LogP contribution < -0.4 is 4.72 Å². The monoisotopic (exact) mass is 302 g/mol. The highest BCUT2D eigenvalue weighted by Gasteiger charge is 2.43. The molecule has 0 aromatic carbocycles. The van der Waals surface area contributed by atoms with E-state index < -0.39 is 22.1 Å². The Hall–Kier alpha value is -0.830. The van der Waals surface area contributed by atoms with Gasteiger partial charge in [-0.3, -0.25) is 4.79 Å². The first-order valence-corrected chi connectivity index (χ1v) is 7.64. The van der Waals surface area contributed by atoms with Gasteiger partial charge in [0, 0.05) is 19.6 Å². The maximum Gasteiger partial charge on any atom is 0.471 e. The van der Waals surface area contributed by atoms with Gasteiger partial charge in [0.15, 0.2) is 0 Å². The van der Waals surface area contributed by atoms with Crippen molar-refractivity contribution in [1.82, 2.24) is 9.62 Å². The minimum Gasteiger partial charge on any atom is -0.335 e. The van der Waals surface area contributed by atoms with Crippen LogP contribution in [-0.4, -0.2) is 50.8 Å². The summed E-state index contributed by atoms with van der Waals surface area (Å²) >= 11 is 0. The van der Waals surface area contributed by atoms with Gasteiger partial charge in [0.25, 0.3) is 0 Å². The lowest BCUT2D eigenvalue weighted by Crippen LogP contribution is -2.46. The molecule has 1 rings (SSSR count). The van der Waals surface area contributed by atoms with Crippen molar-refractivity contribution in [2.24, 2.45) is 5.92 Å². The Balaban J connectivity index is 2.40. The summed E-state index contributed by atoms with van der Waals surface area (Å²) in [6.07, 6.45) is -4.10. The average Bonchev–Trinajstić information content (AvgIpc) is 2.35. The van der Waals surface area contributed by atoms with Crippen molar-refractivity contribution in [2.45, 2.75) is 25.9 Å². The molecule has 1 saturated heterocycles. The van der Waals surface area contributed by atoms with Crippen LogP contribution in [-0.2, 0) is 14.8 Å². The molecule has 0 saturated carbocycles. The van der Waals surface area contributed by atoms with Gasteiger partial charge in [0.05, 0.1) is 5.75 Å². The highest BCUT2D eigenvalue weighted by atomic mass is 32.2. The summed E-state index contributed by atoms with van der Waals surface area (Å²) in [5.74, 6) is -1.88. The third-order valence-electron chi connectivity index (χ3n) is 3.12. The number of piperidine rings is 1. The second-order valence-electron chi connectivity index (χ2n) is 4.49. The fourth-order valence-corrected chi connectivity index (χ4v) is 2.56. The number of hydrogen-bond donors (Lipinski definition) is 1. The molecule has 0 aromatic rings. The van der Waals surface area contributed by atoms with Crippen LogP contribution in [0.2, 0.25) is 0 Å². The molecule has 9 heteroatoms. The molecule has 0 aliphatic carbocycles. The standard InChI is InChI=1S/C10H17F3N2O3S/c1-2-19(17,18)14-7-8-3-5-15(6-4-8)9(16)10(11,12)13/h8,14H,2-7H2,1H3. The summed E-state index contributed by atoms with van der Waals surface area (Å²) in [5, 5.41) is 0. The van der Waals surface area contributed by atoms with Gasteiger partial charge in [0.2, 0.25) is 10.0 Å². The lowest BCUT2D eigenvalue weighted by molar-refractivity contribution is -0.186. The van der Waals surface area contributed by atoms with Crippen molar-refractivity contribution < 1.29 is 26.4 Å².